The molecule has 0 saturated carbocycles. The highest BCUT2D eigenvalue weighted by molar-refractivity contribution is 5.90. The minimum atomic E-state index is -0.561. The average Bonchev–Trinajstić information content (AvgIpc) is 2.69. The SMILES string of the molecule is Cl.Cl.O=C(/C=C/c1ccc(NC2CCN(Cc3ccccc3)CC2)nc1)NO. The van der Waals surface area contributed by atoms with E-state index in [-0.39, 0.29) is 24.8 Å². The number of aromatic nitrogens is 1. The highest BCUT2D eigenvalue weighted by Gasteiger charge is 2.19. The zero-order chi connectivity index (χ0) is 18.2. The number of likely N-dealkylation sites (tertiary alicyclic amines) is 1. The van der Waals surface area contributed by atoms with E-state index in [2.05, 4.69) is 45.5 Å². The minimum Gasteiger partial charge on any atom is -0.367 e. The van der Waals surface area contributed by atoms with Crippen LogP contribution in [0.25, 0.3) is 6.08 Å². The molecule has 1 amide bonds. The van der Waals surface area contributed by atoms with E-state index in [0.29, 0.717) is 6.04 Å². The van der Waals surface area contributed by atoms with Crippen molar-refractivity contribution in [1.82, 2.24) is 15.4 Å². The Morgan fingerprint density at radius 3 is 2.46 bits per heavy atom. The van der Waals surface area contributed by atoms with Crippen LogP contribution >= 0.6 is 24.8 Å². The Kier molecular flexibility index (Phi) is 10.6. The van der Waals surface area contributed by atoms with Gasteiger partial charge in [-0.25, -0.2) is 10.5 Å². The average molecular weight is 425 g/mol. The summed E-state index contributed by atoms with van der Waals surface area (Å²) in [6.07, 6.45) is 6.74. The number of anilines is 1. The van der Waals surface area contributed by atoms with Crippen LogP contribution in [0.1, 0.15) is 24.0 Å². The van der Waals surface area contributed by atoms with Gasteiger partial charge in [0.25, 0.3) is 5.91 Å². The number of carbonyl (C=O) groups is 1. The van der Waals surface area contributed by atoms with E-state index in [1.165, 1.54) is 11.6 Å². The summed E-state index contributed by atoms with van der Waals surface area (Å²) in [6, 6.07) is 14.8. The first-order chi connectivity index (χ1) is 12.7. The van der Waals surface area contributed by atoms with Crippen molar-refractivity contribution in [1.29, 1.82) is 0 Å². The van der Waals surface area contributed by atoms with Gasteiger partial charge in [-0.3, -0.25) is 14.9 Å². The van der Waals surface area contributed by atoms with Gasteiger partial charge in [0.1, 0.15) is 5.82 Å². The van der Waals surface area contributed by atoms with E-state index < -0.39 is 5.91 Å². The fraction of sp³-hybridized carbons (Fsp3) is 0.300. The Morgan fingerprint density at radius 2 is 1.86 bits per heavy atom. The Bertz CT molecular complexity index is 734. The van der Waals surface area contributed by atoms with Crippen molar-refractivity contribution in [2.45, 2.75) is 25.4 Å². The van der Waals surface area contributed by atoms with Crippen molar-refractivity contribution < 1.29 is 10.0 Å². The lowest BCUT2D eigenvalue weighted by Crippen LogP contribution is -2.38. The molecule has 2 aromatic rings. The van der Waals surface area contributed by atoms with Gasteiger partial charge in [-0.1, -0.05) is 30.3 Å². The van der Waals surface area contributed by atoms with Gasteiger partial charge >= 0.3 is 0 Å². The Balaban J connectivity index is 0.00000196. The van der Waals surface area contributed by atoms with Crippen LogP contribution in [0.2, 0.25) is 0 Å². The third-order valence-electron chi connectivity index (χ3n) is 4.51. The van der Waals surface area contributed by atoms with Crippen molar-refractivity contribution >= 4 is 42.6 Å². The molecule has 1 aromatic heterocycles. The van der Waals surface area contributed by atoms with Crippen LogP contribution in [0.15, 0.2) is 54.7 Å². The Labute approximate surface area is 177 Å². The monoisotopic (exact) mass is 424 g/mol. The van der Waals surface area contributed by atoms with Crippen LogP contribution in [0.3, 0.4) is 0 Å². The molecule has 0 radical (unpaired) electrons. The molecule has 6 nitrogen and oxygen atoms in total. The maximum atomic E-state index is 11.0. The summed E-state index contributed by atoms with van der Waals surface area (Å²) < 4.78 is 0. The number of pyridine rings is 1. The quantitative estimate of drug-likeness (QED) is 0.375. The van der Waals surface area contributed by atoms with Gasteiger partial charge in [-0.15, -0.1) is 24.8 Å². The molecule has 152 valence electrons. The highest BCUT2D eigenvalue weighted by atomic mass is 35.5. The second-order valence-corrected chi connectivity index (χ2v) is 6.47. The van der Waals surface area contributed by atoms with Crippen molar-refractivity contribution in [3.63, 3.8) is 0 Å². The minimum absolute atomic E-state index is 0. The largest absolute Gasteiger partial charge is 0.367 e. The first kappa shape index (κ1) is 23.9. The van der Waals surface area contributed by atoms with Crippen molar-refractivity contribution in [2.24, 2.45) is 0 Å². The molecule has 1 aliphatic rings. The summed E-state index contributed by atoms with van der Waals surface area (Å²) in [6.45, 7) is 3.15. The number of carbonyl (C=O) groups excluding carboxylic acids is 1. The fourth-order valence-electron chi connectivity index (χ4n) is 3.08. The topological polar surface area (TPSA) is 77.5 Å². The lowest BCUT2D eigenvalue weighted by Gasteiger charge is -2.32. The normalized spacial score (nSPS) is 14.8. The fourth-order valence-corrected chi connectivity index (χ4v) is 3.08. The standard InChI is InChI=1S/C20H24N4O2.2ClH/c25-20(23-26)9-7-16-6-8-19(21-14-16)22-18-10-12-24(13-11-18)15-17-4-2-1-3-5-17;;/h1-9,14,18,26H,10-13,15H2,(H,21,22)(H,23,25);2*1H/b9-7+;;. The number of nitrogens with zero attached hydrogens (tertiary/aromatic N) is 2. The van der Waals surface area contributed by atoms with Crippen molar-refractivity contribution in [2.75, 3.05) is 18.4 Å². The number of hydrogen-bond acceptors (Lipinski definition) is 5. The van der Waals surface area contributed by atoms with Crippen LogP contribution in [0, 0.1) is 0 Å². The highest BCUT2D eigenvalue weighted by Crippen LogP contribution is 2.17. The van der Waals surface area contributed by atoms with E-state index in [0.717, 1.165) is 43.9 Å². The number of hydroxylamine groups is 1. The molecule has 1 fully saturated rings. The molecule has 28 heavy (non-hydrogen) atoms. The van der Waals surface area contributed by atoms with Crippen LogP contribution in [0.5, 0.6) is 0 Å². The number of hydrogen-bond donors (Lipinski definition) is 3. The van der Waals surface area contributed by atoms with Gasteiger partial charge in [-0.2, -0.15) is 0 Å². The molecule has 0 atom stereocenters. The zero-order valence-corrected chi connectivity index (χ0v) is 17.1. The maximum Gasteiger partial charge on any atom is 0.267 e. The number of halogens is 2. The van der Waals surface area contributed by atoms with Crippen LogP contribution in [-0.4, -0.2) is 40.1 Å². The van der Waals surface area contributed by atoms with Crippen molar-refractivity contribution in [3.8, 4) is 0 Å². The predicted octanol–water partition coefficient (Wildman–Crippen LogP) is 3.52. The van der Waals surface area contributed by atoms with Gasteiger partial charge in [0.05, 0.1) is 0 Å². The molecule has 8 heteroatoms. The Hall–Kier alpha value is -2.12. The molecule has 1 aromatic carbocycles. The van der Waals surface area contributed by atoms with E-state index >= 15 is 0 Å². The van der Waals surface area contributed by atoms with Crippen LogP contribution < -0.4 is 10.8 Å². The number of amides is 1. The second kappa shape index (κ2) is 12.4. The second-order valence-electron chi connectivity index (χ2n) is 6.47. The van der Waals surface area contributed by atoms with Gasteiger partial charge in [-0.05, 0) is 42.2 Å². The summed E-state index contributed by atoms with van der Waals surface area (Å²) >= 11 is 0. The molecule has 0 aliphatic carbocycles. The first-order valence-corrected chi connectivity index (χ1v) is 8.84. The van der Waals surface area contributed by atoms with Crippen LogP contribution in [-0.2, 0) is 11.3 Å². The Morgan fingerprint density at radius 1 is 1.14 bits per heavy atom. The lowest BCUT2D eigenvalue weighted by atomic mass is 10.0. The van der Waals surface area contributed by atoms with E-state index in [4.69, 9.17) is 5.21 Å². The molecular formula is C20H26Cl2N4O2. The summed E-state index contributed by atoms with van der Waals surface area (Å²) in [4.78, 5) is 17.9. The zero-order valence-electron chi connectivity index (χ0n) is 15.5. The third-order valence-corrected chi connectivity index (χ3v) is 4.51. The number of piperidine rings is 1. The number of nitrogens with one attached hydrogen (secondary N) is 2. The number of rotatable bonds is 6. The molecule has 0 bridgehead atoms. The summed E-state index contributed by atoms with van der Waals surface area (Å²) in [7, 11) is 0. The van der Waals surface area contributed by atoms with Crippen LogP contribution in [0.4, 0.5) is 5.82 Å². The molecular weight excluding hydrogens is 399 g/mol. The molecule has 0 spiro atoms. The summed E-state index contributed by atoms with van der Waals surface area (Å²) in [5.74, 6) is 0.282. The number of benzene rings is 1. The summed E-state index contributed by atoms with van der Waals surface area (Å²) in [5.41, 5.74) is 3.72. The van der Waals surface area contributed by atoms with E-state index in [1.807, 2.05) is 12.1 Å². The van der Waals surface area contributed by atoms with Gasteiger partial charge < -0.3 is 5.32 Å². The lowest BCUT2D eigenvalue weighted by molar-refractivity contribution is -0.124. The first-order valence-electron chi connectivity index (χ1n) is 8.84. The smallest absolute Gasteiger partial charge is 0.267 e. The predicted molar refractivity (Wildman–Crippen MR) is 116 cm³/mol. The van der Waals surface area contributed by atoms with Gasteiger partial charge in [0.2, 0.25) is 0 Å². The third kappa shape index (κ3) is 7.48. The summed E-state index contributed by atoms with van der Waals surface area (Å²) in [5, 5.41) is 11.9. The molecule has 1 saturated heterocycles. The molecule has 3 N–H and O–H groups in total. The maximum absolute atomic E-state index is 11.0. The van der Waals surface area contributed by atoms with Gasteiger partial charge in [0.15, 0.2) is 0 Å². The van der Waals surface area contributed by atoms with E-state index in [9.17, 15) is 4.79 Å². The molecule has 3 rings (SSSR count). The molecule has 0 unspecified atom stereocenters. The van der Waals surface area contributed by atoms with E-state index in [1.54, 1.807) is 17.8 Å². The molecule has 2 heterocycles. The molecule has 1 aliphatic heterocycles. The van der Waals surface area contributed by atoms with Gasteiger partial charge in [0, 0.05) is 37.9 Å². The van der Waals surface area contributed by atoms with Crippen molar-refractivity contribution in [3.05, 3.63) is 65.9 Å².